The second-order valence-corrected chi connectivity index (χ2v) is 3.75. The van der Waals surface area contributed by atoms with Gasteiger partial charge < -0.3 is 4.74 Å². The zero-order valence-electron chi connectivity index (χ0n) is 10.8. The molecule has 0 aromatic carbocycles. The zero-order valence-corrected chi connectivity index (χ0v) is 11.9. The van der Waals surface area contributed by atoms with E-state index in [0.717, 1.165) is 12.5 Å². The quantitative estimate of drug-likeness (QED) is 0.321. The molecule has 1 aliphatic carbocycles. The molecule has 101 valence electrons. The van der Waals surface area contributed by atoms with Gasteiger partial charge in [0, 0.05) is 13.3 Å². The van der Waals surface area contributed by atoms with Gasteiger partial charge in [-0.05, 0) is 24.7 Å². The molecule has 0 unspecified atom stereocenters. The number of rotatable bonds is 1. The summed E-state index contributed by atoms with van der Waals surface area (Å²) >= 11 is 0. The maximum atomic E-state index is 10.6. The van der Waals surface area contributed by atoms with Crippen molar-refractivity contribution in [3.05, 3.63) is 45.3 Å². The minimum absolute atomic E-state index is 0. The molecule has 1 aliphatic rings. The van der Waals surface area contributed by atoms with E-state index in [9.17, 15) is 4.79 Å². The predicted molar refractivity (Wildman–Crippen MR) is 58.1 cm³/mol. The molecular formula is C13H14FeO5+3. The summed E-state index contributed by atoms with van der Waals surface area (Å²) in [5.74, 6) is -0.243. The Hall–Kier alpha value is -0.791. The van der Waals surface area contributed by atoms with Crippen molar-refractivity contribution >= 4 is 5.97 Å². The van der Waals surface area contributed by atoms with E-state index in [1.54, 1.807) is 0 Å². The van der Waals surface area contributed by atoms with Gasteiger partial charge in [0.05, 0.1) is 0 Å². The van der Waals surface area contributed by atoms with Crippen LogP contribution in [0.5, 0.6) is 0 Å². The van der Waals surface area contributed by atoms with Gasteiger partial charge in [-0.2, -0.15) is 0 Å². The van der Waals surface area contributed by atoms with E-state index < -0.39 is 0 Å². The van der Waals surface area contributed by atoms with E-state index in [2.05, 4.69) is 40.2 Å². The Bertz CT molecular complexity index is 266. The van der Waals surface area contributed by atoms with Gasteiger partial charge in [0.1, 0.15) is 0 Å². The van der Waals surface area contributed by atoms with Crippen molar-refractivity contribution < 1.29 is 40.6 Å². The van der Waals surface area contributed by atoms with Crippen LogP contribution < -0.4 is 0 Å². The largest absolute Gasteiger partial charge is 3.00 e. The van der Waals surface area contributed by atoms with Crippen LogP contribution in [0.1, 0.15) is 27.2 Å². The Morgan fingerprint density at radius 3 is 1.95 bits per heavy atom. The summed E-state index contributed by atoms with van der Waals surface area (Å²) in [6, 6.07) is 0. The molecular weight excluding hydrogens is 292 g/mol. The average Bonchev–Trinajstić information content (AvgIpc) is 2.34. The Morgan fingerprint density at radius 2 is 1.63 bits per heavy atom. The molecule has 0 saturated heterocycles. The molecule has 1 saturated carbocycles. The van der Waals surface area contributed by atoms with Gasteiger partial charge in [-0.15, -0.1) is 0 Å². The van der Waals surface area contributed by atoms with Crippen LogP contribution >= 0.6 is 0 Å². The van der Waals surface area contributed by atoms with Crippen LogP contribution in [0, 0.1) is 50.7 Å². The number of hydrogen-bond donors (Lipinski definition) is 0. The molecule has 0 aliphatic heterocycles. The molecule has 0 aromatic heterocycles. The Morgan fingerprint density at radius 1 is 1.21 bits per heavy atom. The summed E-state index contributed by atoms with van der Waals surface area (Å²) in [6.45, 7) is 19.1. The number of carbonyl (C=O) groups is 1. The number of esters is 1. The van der Waals surface area contributed by atoms with Crippen molar-refractivity contribution in [2.45, 2.75) is 27.2 Å². The van der Waals surface area contributed by atoms with Gasteiger partial charge in [0.15, 0.2) is 6.10 Å². The van der Waals surface area contributed by atoms with Crippen LogP contribution in [0.15, 0.2) is 0 Å². The first-order valence-corrected chi connectivity index (χ1v) is 4.68. The average molecular weight is 306 g/mol. The van der Waals surface area contributed by atoms with Crippen molar-refractivity contribution in [3.63, 3.8) is 0 Å². The fraction of sp³-hybridized carbons (Fsp3) is 0.385. The van der Waals surface area contributed by atoms with Crippen LogP contribution in [0.4, 0.5) is 0 Å². The number of hydrogen-bond acceptors (Lipinski definition) is 2. The second kappa shape index (κ2) is 17.2. The van der Waals surface area contributed by atoms with Crippen LogP contribution in [0.3, 0.4) is 0 Å². The summed E-state index contributed by atoms with van der Waals surface area (Å²) in [5, 5.41) is 0. The summed E-state index contributed by atoms with van der Waals surface area (Å²) in [6.07, 6.45) is 7.44. The first-order valence-electron chi connectivity index (χ1n) is 4.68. The summed E-state index contributed by atoms with van der Waals surface area (Å²) < 4.78 is 27.5. The first-order chi connectivity index (χ1) is 8.49. The van der Waals surface area contributed by atoms with Gasteiger partial charge in [0.2, 0.25) is 0 Å². The Balaban J connectivity index is -0.000000142. The van der Waals surface area contributed by atoms with Crippen molar-refractivity contribution in [1.29, 1.82) is 0 Å². The molecule has 0 N–H and O–H groups in total. The minimum Gasteiger partial charge on any atom is 3.00 e. The third-order valence-corrected chi connectivity index (χ3v) is 1.73. The topological polar surface area (TPSA) is 86.0 Å². The smallest absolute Gasteiger partial charge is 3.00 e. The Labute approximate surface area is 125 Å². The van der Waals surface area contributed by atoms with E-state index in [0.29, 0.717) is 0 Å². The normalized spacial score (nSPS) is 15.2. The molecule has 0 heterocycles. The van der Waals surface area contributed by atoms with Crippen LogP contribution in [-0.4, -0.2) is 5.97 Å². The summed E-state index contributed by atoms with van der Waals surface area (Å²) in [4.78, 5) is 10.6. The van der Waals surface area contributed by atoms with Gasteiger partial charge in [-0.3, -0.25) is 4.79 Å². The van der Waals surface area contributed by atoms with Crippen molar-refractivity contribution in [1.82, 2.24) is 0 Å². The number of ether oxygens (including phenoxy) is 1. The minimum atomic E-state index is -0.243. The monoisotopic (exact) mass is 306 g/mol. The molecule has 0 spiro atoms. The van der Waals surface area contributed by atoms with E-state index in [1.165, 1.54) is 6.92 Å². The number of carbonyl (C=O) groups excluding carboxylic acids is 1. The van der Waals surface area contributed by atoms with E-state index in [-0.39, 0.29) is 28.5 Å². The standard InChI is InChI=1S/C10H14O2.3CO.Fe/c1-8(11)12-9-5-4-6-10(2,3)7-9;3*1-2;/h4-6H,7H2,1-3H3;;;;/q;;;;+3. The maximum Gasteiger partial charge on any atom is 3.00 e. The fourth-order valence-electron chi connectivity index (χ4n) is 1.24. The molecule has 5 radical (unpaired) electrons. The van der Waals surface area contributed by atoms with E-state index in [4.69, 9.17) is 18.7 Å². The van der Waals surface area contributed by atoms with Crippen LogP contribution in [0.2, 0.25) is 0 Å². The molecule has 0 aromatic rings. The van der Waals surface area contributed by atoms with Crippen molar-refractivity contribution in [2.24, 2.45) is 5.41 Å². The second-order valence-electron chi connectivity index (χ2n) is 3.75. The fourth-order valence-corrected chi connectivity index (χ4v) is 1.24. The molecule has 0 atom stereocenters. The van der Waals surface area contributed by atoms with Crippen LogP contribution in [0.25, 0.3) is 0 Å². The summed E-state index contributed by atoms with van der Waals surface area (Å²) in [7, 11) is 0. The molecule has 1 rings (SSSR count). The predicted octanol–water partition coefficient (Wildman–Crippen LogP) is 2.01. The molecule has 19 heavy (non-hydrogen) atoms. The first kappa shape index (κ1) is 26.7. The van der Waals surface area contributed by atoms with Gasteiger partial charge in [-0.1, -0.05) is 13.8 Å². The van der Waals surface area contributed by atoms with E-state index >= 15 is 0 Å². The van der Waals surface area contributed by atoms with Gasteiger partial charge in [0.25, 0.3) is 0 Å². The molecule has 0 bridgehead atoms. The third kappa shape index (κ3) is 17.2. The Kier molecular flexibility index (Phi) is 24.2. The van der Waals surface area contributed by atoms with Crippen molar-refractivity contribution in [2.75, 3.05) is 0 Å². The molecule has 1 fully saturated rings. The van der Waals surface area contributed by atoms with E-state index in [1.807, 2.05) is 12.8 Å². The van der Waals surface area contributed by atoms with Gasteiger partial charge >= 0.3 is 56.9 Å². The molecule has 0 amide bonds. The third-order valence-electron chi connectivity index (χ3n) is 1.73. The summed E-state index contributed by atoms with van der Waals surface area (Å²) in [5.41, 5.74) is 0.111. The van der Waals surface area contributed by atoms with Crippen molar-refractivity contribution in [3.8, 4) is 0 Å². The maximum absolute atomic E-state index is 10.6. The van der Waals surface area contributed by atoms with Crippen LogP contribution in [-0.2, 0) is 40.6 Å². The zero-order chi connectivity index (χ0) is 15.2. The molecule has 6 heteroatoms. The molecule has 5 nitrogen and oxygen atoms in total. The van der Waals surface area contributed by atoms with Gasteiger partial charge in [-0.25, -0.2) is 0 Å². The SMILES string of the molecule is CC(=O)O[C]1[CH][CH][CH]C(C)(C)C1.[C-]#[O+].[C-]#[O+].[C-]#[O+].[Fe+3].